The summed E-state index contributed by atoms with van der Waals surface area (Å²) in [7, 11) is 0. The number of anilines is 1. The highest BCUT2D eigenvalue weighted by Crippen LogP contribution is 2.36. The van der Waals surface area contributed by atoms with Crippen molar-refractivity contribution in [2.45, 2.75) is 25.8 Å². The number of amides is 1. The molecule has 8 heteroatoms. The minimum absolute atomic E-state index is 0.0687. The molecular formula is C12H14N4O3S. The van der Waals surface area contributed by atoms with Crippen molar-refractivity contribution in [3.8, 4) is 0 Å². The molecule has 0 fully saturated rings. The summed E-state index contributed by atoms with van der Waals surface area (Å²) in [5.41, 5.74) is 6.66. The highest BCUT2D eigenvalue weighted by molar-refractivity contribution is 7.16. The maximum Gasteiger partial charge on any atom is 0.319 e. The van der Waals surface area contributed by atoms with Gasteiger partial charge in [-0.25, -0.2) is 4.98 Å². The van der Waals surface area contributed by atoms with Gasteiger partial charge in [0.15, 0.2) is 5.52 Å². The van der Waals surface area contributed by atoms with Crippen molar-refractivity contribution in [2.24, 2.45) is 5.73 Å². The van der Waals surface area contributed by atoms with Gasteiger partial charge in [-0.05, 0) is 26.0 Å². The van der Waals surface area contributed by atoms with Gasteiger partial charge in [-0.3, -0.25) is 14.9 Å². The highest BCUT2D eigenvalue weighted by Gasteiger charge is 2.27. The molecule has 7 nitrogen and oxygen atoms in total. The number of carbonyl (C=O) groups excluding carboxylic acids is 1. The number of nitrogens with one attached hydrogen (secondary N) is 1. The second-order valence-electron chi connectivity index (χ2n) is 5.07. The lowest BCUT2D eigenvalue weighted by Gasteiger charge is -2.25. The molecule has 0 aliphatic rings. The largest absolute Gasteiger partial charge is 0.374 e. The standard InChI is InChI=1S/C12H14N4O3S/c1-12(2,5-9(13)17)15-7-3-4-8-10(14-6-20-8)11(7)16(18)19/h3-4,6,15H,5H2,1-2H3,(H2,13,17). The summed E-state index contributed by atoms with van der Waals surface area (Å²) in [4.78, 5) is 25.9. The van der Waals surface area contributed by atoms with Gasteiger partial charge in [-0.1, -0.05) is 0 Å². The first-order chi connectivity index (χ1) is 9.30. The lowest BCUT2D eigenvalue weighted by atomic mass is 9.99. The Kier molecular flexibility index (Phi) is 3.58. The van der Waals surface area contributed by atoms with Crippen LogP contribution in [0.5, 0.6) is 0 Å². The fraction of sp³-hybridized carbons (Fsp3) is 0.333. The van der Waals surface area contributed by atoms with E-state index >= 15 is 0 Å². The Labute approximate surface area is 119 Å². The topological polar surface area (TPSA) is 111 Å². The van der Waals surface area contributed by atoms with E-state index in [4.69, 9.17) is 5.73 Å². The van der Waals surface area contributed by atoms with Crippen molar-refractivity contribution in [2.75, 3.05) is 5.32 Å². The van der Waals surface area contributed by atoms with Gasteiger partial charge in [0.25, 0.3) is 0 Å². The molecule has 106 valence electrons. The number of fused-ring (bicyclic) bond motifs is 1. The quantitative estimate of drug-likeness (QED) is 0.649. The number of rotatable bonds is 5. The number of hydrogen-bond acceptors (Lipinski definition) is 6. The van der Waals surface area contributed by atoms with Crippen molar-refractivity contribution >= 4 is 38.8 Å². The van der Waals surface area contributed by atoms with Gasteiger partial charge in [0, 0.05) is 12.0 Å². The first-order valence-electron chi connectivity index (χ1n) is 5.87. The average molecular weight is 294 g/mol. The smallest absolute Gasteiger partial charge is 0.319 e. The van der Waals surface area contributed by atoms with Crippen LogP contribution in [0.4, 0.5) is 11.4 Å². The van der Waals surface area contributed by atoms with E-state index in [0.717, 1.165) is 4.70 Å². The maximum absolute atomic E-state index is 11.3. The van der Waals surface area contributed by atoms with Crippen molar-refractivity contribution in [1.82, 2.24) is 4.98 Å². The second kappa shape index (κ2) is 5.04. The molecule has 0 bridgehead atoms. The van der Waals surface area contributed by atoms with Gasteiger partial charge in [0.2, 0.25) is 5.91 Å². The van der Waals surface area contributed by atoms with Gasteiger partial charge in [-0.15, -0.1) is 11.3 Å². The van der Waals surface area contributed by atoms with Crippen LogP contribution in [-0.2, 0) is 4.79 Å². The Hall–Kier alpha value is -2.22. The van der Waals surface area contributed by atoms with E-state index in [-0.39, 0.29) is 12.1 Å². The van der Waals surface area contributed by atoms with E-state index in [0.29, 0.717) is 11.2 Å². The molecule has 0 spiro atoms. The molecule has 1 amide bonds. The van der Waals surface area contributed by atoms with Crippen LogP contribution in [0.2, 0.25) is 0 Å². The molecule has 1 heterocycles. The summed E-state index contributed by atoms with van der Waals surface area (Å²) < 4.78 is 0.745. The number of nitrogens with two attached hydrogens (primary N) is 1. The van der Waals surface area contributed by atoms with Gasteiger partial charge < -0.3 is 11.1 Å². The van der Waals surface area contributed by atoms with Crippen LogP contribution in [0.25, 0.3) is 10.2 Å². The molecule has 0 saturated heterocycles. The van der Waals surface area contributed by atoms with E-state index in [2.05, 4.69) is 10.3 Å². The Morgan fingerprint density at radius 3 is 2.85 bits per heavy atom. The minimum Gasteiger partial charge on any atom is -0.374 e. The second-order valence-corrected chi connectivity index (χ2v) is 5.96. The first kappa shape index (κ1) is 14.2. The molecule has 20 heavy (non-hydrogen) atoms. The lowest BCUT2D eigenvalue weighted by molar-refractivity contribution is -0.382. The predicted molar refractivity (Wildman–Crippen MR) is 77.8 cm³/mol. The van der Waals surface area contributed by atoms with Crippen molar-refractivity contribution < 1.29 is 9.72 Å². The summed E-state index contributed by atoms with van der Waals surface area (Å²) in [6.45, 7) is 3.51. The van der Waals surface area contributed by atoms with E-state index < -0.39 is 16.4 Å². The molecule has 2 aromatic rings. The maximum atomic E-state index is 11.3. The third-order valence-corrected chi connectivity index (χ3v) is 3.54. The normalized spacial score (nSPS) is 11.5. The predicted octanol–water partition coefficient (Wildman–Crippen LogP) is 2.27. The van der Waals surface area contributed by atoms with Crippen LogP contribution in [-0.4, -0.2) is 21.4 Å². The number of thiazole rings is 1. The van der Waals surface area contributed by atoms with Crippen LogP contribution in [0.1, 0.15) is 20.3 Å². The molecule has 0 unspecified atom stereocenters. The Morgan fingerprint density at radius 2 is 2.25 bits per heavy atom. The molecule has 3 N–H and O–H groups in total. The number of nitrogens with zero attached hydrogens (tertiary/aromatic N) is 2. The number of primary amides is 1. The fourth-order valence-corrected chi connectivity index (χ4v) is 2.73. The average Bonchev–Trinajstić information content (AvgIpc) is 2.73. The number of aromatic nitrogens is 1. The van der Waals surface area contributed by atoms with Gasteiger partial charge in [0.1, 0.15) is 5.69 Å². The van der Waals surface area contributed by atoms with E-state index in [1.165, 1.54) is 11.3 Å². The highest BCUT2D eigenvalue weighted by atomic mass is 32.1. The number of carbonyl (C=O) groups is 1. The molecule has 0 radical (unpaired) electrons. The van der Waals surface area contributed by atoms with Crippen LogP contribution in [0.3, 0.4) is 0 Å². The van der Waals surface area contributed by atoms with Crippen molar-refractivity contribution in [3.05, 3.63) is 27.8 Å². The van der Waals surface area contributed by atoms with E-state index in [9.17, 15) is 14.9 Å². The Balaban J connectivity index is 2.46. The van der Waals surface area contributed by atoms with Gasteiger partial charge in [0.05, 0.1) is 15.1 Å². The number of nitro benzene ring substituents is 1. The summed E-state index contributed by atoms with van der Waals surface area (Å²) in [5, 5.41) is 14.3. The fourth-order valence-electron chi connectivity index (χ4n) is 2.05. The molecule has 2 rings (SSSR count). The van der Waals surface area contributed by atoms with Crippen molar-refractivity contribution in [1.29, 1.82) is 0 Å². The van der Waals surface area contributed by atoms with Crippen LogP contribution >= 0.6 is 11.3 Å². The molecule has 1 aromatic heterocycles. The summed E-state index contributed by atoms with van der Waals surface area (Å²) in [6.07, 6.45) is 0.0687. The SMILES string of the molecule is CC(C)(CC(N)=O)Nc1ccc2scnc2c1[N+](=O)[O-]. The molecule has 0 aliphatic heterocycles. The summed E-state index contributed by atoms with van der Waals surface area (Å²) in [5.74, 6) is -0.472. The van der Waals surface area contributed by atoms with E-state index in [1.54, 1.807) is 31.5 Å². The third-order valence-electron chi connectivity index (χ3n) is 2.75. The number of hydrogen-bond donors (Lipinski definition) is 2. The van der Waals surface area contributed by atoms with Crippen LogP contribution < -0.4 is 11.1 Å². The zero-order chi connectivity index (χ0) is 14.9. The Morgan fingerprint density at radius 1 is 1.55 bits per heavy atom. The summed E-state index contributed by atoms with van der Waals surface area (Å²) in [6, 6.07) is 3.39. The Bertz CT molecular complexity index is 680. The van der Waals surface area contributed by atoms with Crippen molar-refractivity contribution in [3.63, 3.8) is 0 Å². The monoisotopic (exact) mass is 294 g/mol. The molecule has 0 atom stereocenters. The molecule has 1 aromatic carbocycles. The minimum atomic E-state index is -0.680. The molecule has 0 saturated carbocycles. The third kappa shape index (κ3) is 2.85. The summed E-state index contributed by atoms with van der Waals surface area (Å²) >= 11 is 1.34. The number of nitro groups is 1. The van der Waals surface area contributed by atoms with E-state index in [1.807, 2.05) is 0 Å². The molecule has 0 aliphatic carbocycles. The lowest BCUT2D eigenvalue weighted by Crippen LogP contribution is -2.36. The van der Waals surface area contributed by atoms with Crippen LogP contribution in [0.15, 0.2) is 17.6 Å². The zero-order valence-corrected chi connectivity index (χ0v) is 11.9. The van der Waals surface area contributed by atoms with Crippen LogP contribution in [0, 0.1) is 10.1 Å². The zero-order valence-electron chi connectivity index (χ0n) is 11.0. The first-order valence-corrected chi connectivity index (χ1v) is 6.75. The molecular weight excluding hydrogens is 280 g/mol. The van der Waals surface area contributed by atoms with Gasteiger partial charge >= 0.3 is 5.69 Å². The number of benzene rings is 1. The van der Waals surface area contributed by atoms with Gasteiger partial charge in [-0.2, -0.15) is 0 Å².